The van der Waals surface area contributed by atoms with Crippen molar-refractivity contribution in [2.75, 3.05) is 13.2 Å². The maximum absolute atomic E-state index is 11.2. The molecule has 0 bridgehead atoms. The molecule has 0 unspecified atom stereocenters. The molecule has 4 nitrogen and oxygen atoms in total. The van der Waals surface area contributed by atoms with E-state index in [0.717, 1.165) is 31.2 Å². The molecule has 1 rings (SSSR count). The summed E-state index contributed by atoms with van der Waals surface area (Å²) in [5.74, 6) is 0.941. The van der Waals surface area contributed by atoms with Gasteiger partial charge >= 0.3 is 0 Å². The van der Waals surface area contributed by atoms with Gasteiger partial charge in [-0.05, 0) is 56.8 Å². The van der Waals surface area contributed by atoms with Crippen molar-refractivity contribution in [1.29, 1.82) is 0 Å². The number of phenols is 1. The number of aryl methyl sites for hydroxylation is 1. The van der Waals surface area contributed by atoms with Crippen LogP contribution < -0.4 is 10.5 Å². The lowest BCUT2D eigenvalue weighted by Crippen LogP contribution is -2.07. The van der Waals surface area contributed by atoms with Crippen LogP contribution in [0.25, 0.3) is 0 Å². The Morgan fingerprint density at radius 2 is 2.15 bits per heavy atom. The van der Waals surface area contributed by atoms with Gasteiger partial charge in [0.1, 0.15) is 5.78 Å². The normalized spacial score (nSPS) is 12.2. The molecule has 1 aromatic rings. The Hall–Kier alpha value is -1.55. The second kappa shape index (κ2) is 8.59. The monoisotopic (exact) mass is 279 g/mol. The Balaban J connectivity index is 2.54. The third-order valence-electron chi connectivity index (χ3n) is 3.44. The van der Waals surface area contributed by atoms with E-state index in [-0.39, 0.29) is 17.5 Å². The molecular formula is C16H25NO3. The first-order valence-electron chi connectivity index (χ1n) is 7.19. The van der Waals surface area contributed by atoms with Crippen molar-refractivity contribution in [3.63, 3.8) is 0 Å². The third kappa shape index (κ3) is 5.61. The number of unbranched alkanes of at least 4 members (excludes halogenated alkanes) is 1. The van der Waals surface area contributed by atoms with Gasteiger partial charge in [0.05, 0.1) is 6.61 Å². The van der Waals surface area contributed by atoms with Crippen LogP contribution in [0, 0.1) is 5.92 Å². The van der Waals surface area contributed by atoms with Crippen molar-refractivity contribution >= 4 is 5.78 Å². The maximum atomic E-state index is 11.2. The smallest absolute Gasteiger partial charge is 0.161 e. The van der Waals surface area contributed by atoms with E-state index in [0.29, 0.717) is 18.9 Å². The predicted molar refractivity (Wildman–Crippen MR) is 80.1 cm³/mol. The number of benzene rings is 1. The standard InChI is InChI=1S/C16H25NO3/c1-12(13(2)18)5-6-14-7-8-15(19)16(11-14)20-10-4-3-9-17/h7-8,11-12,19H,3-6,9-10,17H2,1-2H3/t12-/m0/s1. The van der Waals surface area contributed by atoms with Crippen LogP contribution in [0.3, 0.4) is 0 Å². The zero-order valence-corrected chi connectivity index (χ0v) is 12.4. The van der Waals surface area contributed by atoms with Crippen LogP contribution in [0.1, 0.15) is 38.7 Å². The van der Waals surface area contributed by atoms with E-state index in [1.54, 1.807) is 13.0 Å². The van der Waals surface area contributed by atoms with Crippen molar-refractivity contribution in [3.05, 3.63) is 23.8 Å². The fourth-order valence-electron chi connectivity index (χ4n) is 1.84. The Labute approximate surface area is 120 Å². The van der Waals surface area contributed by atoms with Gasteiger partial charge in [0.15, 0.2) is 11.5 Å². The summed E-state index contributed by atoms with van der Waals surface area (Å²) in [5, 5.41) is 9.75. The summed E-state index contributed by atoms with van der Waals surface area (Å²) in [6.07, 6.45) is 3.41. The summed E-state index contributed by atoms with van der Waals surface area (Å²) < 4.78 is 5.56. The number of rotatable bonds is 9. The number of hydrogen-bond donors (Lipinski definition) is 2. The van der Waals surface area contributed by atoms with E-state index in [1.807, 2.05) is 19.1 Å². The lowest BCUT2D eigenvalue weighted by molar-refractivity contribution is -0.120. The molecular weight excluding hydrogens is 254 g/mol. The molecule has 0 saturated carbocycles. The van der Waals surface area contributed by atoms with E-state index >= 15 is 0 Å². The van der Waals surface area contributed by atoms with Gasteiger partial charge < -0.3 is 15.6 Å². The second-order valence-corrected chi connectivity index (χ2v) is 5.20. The SMILES string of the molecule is CC(=O)[C@@H](C)CCc1ccc(O)c(OCCCCN)c1. The van der Waals surface area contributed by atoms with Crippen LogP contribution >= 0.6 is 0 Å². The largest absolute Gasteiger partial charge is 0.504 e. The van der Waals surface area contributed by atoms with Crippen LogP contribution in [-0.2, 0) is 11.2 Å². The van der Waals surface area contributed by atoms with E-state index in [2.05, 4.69) is 0 Å². The summed E-state index contributed by atoms with van der Waals surface area (Å²) in [6, 6.07) is 5.37. The highest BCUT2D eigenvalue weighted by molar-refractivity contribution is 5.77. The van der Waals surface area contributed by atoms with Crippen molar-refractivity contribution in [2.24, 2.45) is 11.7 Å². The van der Waals surface area contributed by atoms with Crippen LogP contribution in [0.5, 0.6) is 11.5 Å². The van der Waals surface area contributed by atoms with E-state index in [4.69, 9.17) is 10.5 Å². The van der Waals surface area contributed by atoms with Crippen molar-refractivity contribution in [2.45, 2.75) is 39.5 Å². The van der Waals surface area contributed by atoms with Gasteiger partial charge in [-0.15, -0.1) is 0 Å². The molecule has 0 saturated heterocycles. The number of aromatic hydroxyl groups is 1. The highest BCUT2D eigenvalue weighted by Crippen LogP contribution is 2.28. The predicted octanol–water partition coefficient (Wildman–Crippen LogP) is 2.67. The Bertz CT molecular complexity index is 432. The Morgan fingerprint density at radius 3 is 2.80 bits per heavy atom. The molecule has 0 aromatic heterocycles. The molecule has 112 valence electrons. The van der Waals surface area contributed by atoms with Gasteiger partial charge in [-0.1, -0.05) is 13.0 Å². The molecule has 20 heavy (non-hydrogen) atoms. The molecule has 0 heterocycles. The first-order valence-corrected chi connectivity index (χ1v) is 7.19. The lowest BCUT2D eigenvalue weighted by atomic mass is 9.98. The first kappa shape index (κ1) is 16.5. The maximum Gasteiger partial charge on any atom is 0.161 e. The average Bonchev–Trinajstić information content (AvgIpc) is 2.43. The van der Waals surface area contributed by atoms with E-state index in [9.17, 15) is 9.90 Å². The summed E-state index contributed by atoms with van der Waals surface area (Å²) >= 11 is 0. The molecule has 0 aliphatic carbocycles. The van der Waals surface area contributed by atoms with Gasteiger partial charge in [0.25, 0.3) is 0 Å². The summed E-state index contributed by atoms with van der Waals surface area (Å²) in [5.41, 5.74) is 6.50. The molecule has 0 spiro atoms. The highest BCUT2D eigenvalue weighted by atomic mass is 16.5. The van der Waals surface area contributed by atoms with Crippen molar-refractivity contribution in [1.82, 2.24) is 0 Å². The number of hydrogen-bond acceptors (Lipinski definition) is 4. The fourth-order valence-corrected chi connectivity index (χ4v) is 1.84. The zero-order valence-electron chi connectivity index (χ0n) is 12.4. The Kier molecular flexibility index (Phi) is 7.09. The van der Waals surface area contributed by atoms with Gasteiger partial charge in [-0.3, -0.25) is 4.79 Å². The minimum atomic E-state index is 0.0673. The van der Waals surface area contributed by atoms with Crippen LogP contribution in [0.2, 0.25) is 0 Å². The van der Waals surface area contributed by atoms with Crippen LogP contribution in [-0.4, -0.2) is 24.0 Å². The molecule has 0 fully saturated rings. The number of Topliss-reactive ketones (excluding diaryl/α,β-unsaturated/α-hetero) is 1. The summed E-state index contributed by atoms with van der Waals surface area (Å²) in [6.45, 7) is 4.76. The second-order valence-electron chi connectivity index (χ2n) is 5.20. The molecule has 0 amide bonds. The van der Waals surface area contributed by atoms with Crippen LogP contribution in [0.15, 0.2) is 18.2 Å². The quantitative estimate of drug-likeness (QED) is 0.682. The molecule has 1 atom stereocenters. The minimum Gasteiger partial charge on any atom is -0.504 e. The highest BCUT2D eigenvalue weighted by Gasteiger charge is 2.09. The number of ketones is 1. The molecule has 1 aromatic carbocycles. The lowest BCUT2D eigenvalue weighted by Gasteiger charge is -2.11. The summed E-state index contributed by atoms with van der Waals surface area (Å²) in [7, 11) is 0. The fraction of sp³-hybridized carbons (Fsp3) is 0.562. The number of nitrogens with two attached hydrogens (primary N) is 1. The van der Waals surface area contributed by atoms with Crippen LogP contribution in [0.4, 0.5) is 0 Å². The molecule has 4 heteroatoms. The molecule has 0 aliphatic rings. The topological polar surface area (TPSA) is 72.5 Å². The number of phenolic OH excluding ortho intramolecular Hbond substituents is 1. The molecule has 0 aliphatic heterocycles. The minimum absolute atomic E-state index is 0.0673. The number of ether oxygens (including phenoxy) is 1. The van der Waals surface area contributed by atoms with Gasteiger partial charge in [-0.2, -0.15) is 0 Å². The molecule has 0 radical (unpaired) electrons. The van der Waals surface area contributed by atoms with E-state index in [1.165, 1.54) is 0 Å². The van der Waals surface area contributed by atoms with E-state index < -0.39 is 0 Å². The first-order chi connectivity index (χ1) is 9.54. The average molecular weight is 279 g/mol. The Morgan fingerprint density at radius 1 is 1.40 bits per heavy atom. The number of carbonyl (C=O) groups is 1. The number of carbonyl (C=O) groups excluding carboxylic acids is 1. The van der Waals surface area contributed by atoms with Gasteiger partial charge in [-0.25, -0.2) is 0 Å². The summed E-state index contributed by atoms with van der Waals surface area (Å²) in [4.78, 5) is 11.2. The zero-order chi connectivity index (χ0) is 15.0. The van der Waals surface area contributed by atoms with Crippen molar-refractivity contribution in [3.8, 4) is 11.5 Å². The van der Waals surface area contributed by atoms with Gasteiger partial charge in [0.2, 0.25) is 0 Å². The van der Waals surface area contributed by atoms with Crippen molar-refractivity contribution < 1.29 is 14.6 Å². The third-order valence-corrected chi connectivity index (χ3v) is 3.44. The molecule has 3 N–H and O–H groups in total. The van der Waals surface area contributed by atoms with Gasteiger partial charge in [0, 0.05) is 5.92 Å².